The molecule has 0 aromatic rings. The van der Waals surface area contributed by atoms with E-state index >= 15 is 0 Å². The van der Waals surface area contributed by atoms with E-state index in [0.717, 1.165) is 52.1 Å². The summed E-state index contributed by atoms with van der Waals surface area (Å²) in [6.07, 6.45) is 27.5. The summed E-state index contributed by atoms with van der Waals surface area (Å²) < 4.78 is 0. The average molecular weight is 500 g/mol. The molecule has 4 aliphatic rings. The van der Waals surface area contributed by atoms with Crippen LogP contribution < -0.4 is 5.43 Å². The summed E-state index contributed by atoms with van der Waals surface area (Å²) >= 11 is 0. The van der Waals surface area contributed by atoms with Gasteiger partial charge in [-0.2, -0.15) is 5.10 Å². The van der Waals surface area contributed by atoms with E-state index in [9.17, 15) is 9.59 Å². The number of likely N-dealkylation sites (N-methyl/N-ethyl adjacent to an activating group) is 1. The van der Waals surface area contributed by atoms with E-state index in [2.05, 4.69) is 34.8 Å². The molecule has 1 aliphatic heterocycles. The Kier molecular flexibility index (Phi) is 11.9. The van der Waals surface area contributed by atoms with Crippen molar-refractivity contribution in [2.24, 2.45) is 5.10 Å². The van der Waals surface area contributed by atoms with Gasteiger partial charge in [-0.3, -0.25) is 9.59 Å². The summed E-state index contributed by atoms with van der Waals surface area (Å²) in [7, 11) is 1.82. The molecule has 0 saturated heterocycles. The van der Waals surface area contributed by atoms with E-state index in [4.69, 9.17) is 4.79 Å². The number of fused-ring (bicyclic) bond motifs is 1. The van der Waals surface area contributed by atoms with E-state index < -0.39 is 0 Å². The molecule has 0 saturated carbocycles. The first-order chi connectivity index (χ1) is 18.0. The standard InChI is InChI=1S/C28H29N3O2.C2H6.CH2O/c1-20-9-8-12-22(16-15-20)28(33)31(2)24-13-7-6-10-21(17-24)18-26-25-14-5-3-4-11-23(25)19-27(32)30-29-26;2*1-2/h3,5,7-11,13-17H,4,6,12,18-19H2,1-2H3,(H,30,32);1-2H3;1H2. The number of nitrogens with one attached hydrogen (secondary N) is 1. The Bertz CT molecular complexity index is 1180. The molecule has 0 spiro atoms. The number of carbonyl (C=O) groups is 3. The minimum atomic E-state index is -0.0999. The van der Waals surface area contributed by atoms with Crippen LogP contribution in [0.2, 0.25) is 0 Å². The highest BCUT2D eigenvalue weighted by molar-refractivity contribution is 6.08. The second-order valence-corrected chi connectivity index (χ2v) is 8.48. The van der Waals surface area contributed by atoms with E-state index in [0.29, 0.717) is 19.3 Å². The predicted octanol–water partition coefficient (Wildman–Crippen LogP) is 5.97. The Morgan fingerprint density at radius 2 is 1.81 bits per heavy atom. The second kappa shape index (κ2) is 15.1. The Hall–Kier alpha value is -4.06. The molecular formula is C31H37N3O3. The fourth-order valence-electron chi connectivity index (χ4n) is 4.11. The molecule has 4 rings (SSSR count). The summed E-state index contributed by atoms with van der Waals surface area (Å²) in [5.41, 5.74) is 9.30. The Morgan fingerprint density at radius 1 is 1.05 bits per heavy atom. The zero-order valence-electron chi connectivity index (χ0n) is 22.3. The summed E-state index contributed by atoms with van der Waals surface area (Å²) in [6.45, 7) is 8.02. The van der Waals surface area contributed by atoms with Gasteiger partial charge in [0.15, 0.2) is 0 Å². The lowest BCUT2D eigenvalue weighted by atomic mass is 9.93. The Labute approximate surface area is 220 Å². The van der Waals surface area contributed by atoms with Gasteiger partial charge < -0.3 is 9.69 Å². The molecule has 0 unspecified atom stereocenters. The largest absolute Gasteiger partial charge is 0.312 e. The van der Waals surface area contributed by atoms with Crippen molar-refractivity contribution in [3.63, 3.8) is 0 Å². The molecule has 2 amide bonds. The van der Waals surface area contributed by atoms with E-state index in [1.165, 1.54) is 0 Å². The molecule has 194 valence electrons. The minimum absolute atomic E-state index is 0.0105. The molecule has 0 radical (unpaired) electrons. The lowest BCUT2D eigenvalue weighted by Crippen LogP contribution is -2.27. The van der Waals surface area contributed by atoms with Crippen molar-refractivity contribution in [2.75, 3.05) is 7.05 Å². The second-order valence-electron chi connectivity index (χ2n) is 8.48. The van der Waals surface area contributed by atoms with E-state index in [1.807, 2.05) is 83.2 Å². The highest BCUT2D eigenvalue weighted by atomic mass is 16.2. The maximum absolute atomic E-state index is 13.2. The topological polar surface area (TPSA) is 78.8 Å². The molecule has 3 aliphatic carbocycles. The fraction of sp³-hybridized carbons (Fsp3) is 0.290. The average Bonchev–Trinajstić information content (AvgIpc) is 3.43. The number of rotatable bonds is 4. The van der Waals surface area contributed by atoms with Gasteiger partial charge in [0.1, 0.15) is 6.79 Å². The van der Waals surface area contributed by atoms with Crippen molar-refractivity contribution in [3.05, 3.63) is 106 Å². The van der Waals surface area contributed by atoms with Gasteiger partial charge in [-0.15, -0.1) is 0 Å². The number of hydrazone groups is 1. The molecule has 0 aromatic carbocycles. The molecule has 0 atom stereocenters. The van der Waals surface area contributed by atoms with Crippen LogP contribution in [0.3, 0.4) is 0 Å². The Balaban J connectivity index is 0.00000115. The van der Waals surface area contributed by atoms with Gasteiger partial charge in [0.2, 0.25) is 5.91 Å². The van der Waals surface area contributed by atoms with Crippen LogP contribution in [-0.2, 0) is 14.4 Å². The summed E-state index contributed by atoms with van der Waals surface area (Å²) in [4.78, 5) is 35.0. The van der Waals surface area contributed by atoms with Crippen LogP contribution in [0.1, 0.15) is 52.9 Å². The van der Waals surface area contributed by atoms with Crippen LogP contribution in [-0.4, -0.2) is 36.3 Å². The van der Waals surface area contributed by atoms with Crippen molar-refractivity contribution < 1.29 is 14.4 Å². The van der Waals surface area contributed by atoms with Crippen LogP contribution in [0.25, 0.3) is 0 Å². The molecule has 6 heteroatoms. The van der Waals surface area contributed by atoms with Crippen LogP contribution in [0, 0.1) is 0 Å². The SMILES string of the molecule is C=O.CC.CC1=CC=C(C(=O)N(C)C2=CC(CC3=NNC(=O)CC4=CCC=CC=C43)=CCC=C2)CC=C1. The summed E-state index contributed by atoms with van der Waals surface area (Å²) in [5, 5.41) is 4.43. The van der Waals surface area contributed by atoms with Gasteiger partial charge in [-0.1, -0.05) is 80.2 Å². The van der Waals surface area contributed by atoms with Gasteiger partial charge in [0.05, 0.1) is 12.1 Å². The van der Waals surface area contributed by atoms with Gasteiger partial charge in [-0.25, -0.2) is 5.43 Å². The fourth-order valence-corrected chi connectivity index (χ4v) is 4.11. The number of nitrogens with zero attached hydrogens (tertiary/aromatic N) is 2. The molecule has 0 aromatic heterocycles. The first-order valence-corrected chi connectivity index (χ1v) is 12.6. The summed E-state index contributed by atoms with van der Waals surface area (Å²) in [5.74, 6) is -0.110. The third-order valence-electron chi connectivity index (χ3n) is 5.96. The van der Waals surface area contributed by atoms with Crippen LogP contribution in [0.15, 0.2) is 112 Å². The first-order valence-electron chi connectivity index (χ1n) is 12.6. The number of allylic oxidation sites excluding steroid dienone is 15. The predicted molar refractivity (Wildman–Crippen MR) is 151 cm³/mol. The number of amides is 2. The quantitative estimate of drug-likeness (QED) is 0.518. The monoisotopic (exact) mass is 499 g/mol. The summed E-state index contributed by atoms with van der Waals surface area (Å²) in [6, 6.07) is 0. The molecule has 0 fully saturated rings. The van der Waals surface area contributed by atoms with Crippen molar-refractivity contribution >= 4 is 24.3 Å². The molecule has 1 heterocycles. The van der Waals surface area contributed by atoms with Crippen molar-refractivity contribution in [1.29, 1.82) is 0 Å². The van der Waals surface area contributed by atoms with Crippen molar-refractivity contribution in [3.8, 4) is 0 Å². The van der Waals surface area contributed by atoms with Crippen molar-refractivity contribution in [1.82, 2.24) is 10.3 Å². The molecule has 37 heavy (non-hydrogen) atoms. The first kappa shape index (κ1) is 29.2. The number of hydrogen-bond acceptors (Lipinski definition) is 4. The molecule has 6 nitrogen and oxygen atoms in total. The highest BCUT2D eigenvalue weighted by Gasteiger charge is 2.22. The highest BCUT2D eigenvalue weighted by Crippen LogP contribution is 2.27. The zero-order chi connectivity index (χ0) is 27.2. The van der Waals surface area contributed by atoms with Gasteiger partial charge in [-0.05, 0) is 49.5 Å². The van der Waals surface area contributed by atoms with E-state index in [1.54, 1.807) is 4.90 Å². The number of carbonyl (C=O) groups excluding carboxylic acids is 3. The molecule has 0 bridgehead atoms. The maximum Gasteiger partial charge on any atom is 0.254 e. The maximum atomic E-state index is 13.2. The smallest absolute Gasteiger partial charge is 0.254 e. The lowest BCUT2D eigenvalue weighted by Gasteiger charge is -2.20. The van der Waals surface area contributed by atoms with Crippen LogP contribution >= 0.6 is 0 Å². The molecule has 1 N–H and O–H groups in total. The normalized spacial score (nSPS) is 18.3. The third kappa shape index (κ3) is 8.24. The van der Waals surface area contributed by atoms with Crippen molar-refractivity contribution in [2.45, 2.75) is 52.9 Å². The molecular weight excluding hydrogens is 462 g/mol. The van der Waals surface area contributed by atoms with Crippen LogP contribution in [0.5, 0.6) is 0 Å². The van der Waals surface area contributed by atoms with Crippen LogP contribution in [0.4, 0.5) is 0 Å². The lowest BCUT2D eigenvalue weighted by molar-refractivity contribution is -0.124. The third-order valence-corrected chi connectivity index (χ3v) is 5.96. The Morgan fingerprint density at radius 3 is 2.59 bits per heavy atom. The van der Waals surface area contributed by atoms with Gasteiger partial charge in [0, 0.05) is 30.3 Å². The van der Waals surface area contributed by atoms with Gasteiger partial charge >= 0.3 is 0 Å². The van der Waals surface area contributed by atoms with E-state index in [-0.39, 0.29) is 11.8 Å². The van der Waals surface area contributed by atoms with Gasteiger partial charge in [0.25, 0.3) is 5.91 Å². The minimum Gasteiger partial charge on any atom is -0.312 e. The number of hydrogen-bond donors (Lipinski definition) is 1. The zero-order valence-corrected chi connectivity index (χ0v) is 22.3.